The van der Waals surface area contributed by atoms with Gasteiger partial charge in [-0.3, -0.25) is 14.9 Å². The normalized spacial score (nSPS) is 19.6. The van der Waals surface area contributed by atoms with E-state index in [1.54, 1.807) is 24.3 Å². The number of hydrogen-bond acceptors (Lipinski definition) is 7. The van der Waals surface area contributed by atoms with Gasteiger partial charge in [0.15, 0.2) is 0 Å². The molecule has 0 radical (unpaired) electrons. The highest BCUT2D eigenvalue weighted by molar-refractivity contribution is 7.89. The lowest BCUT2D eigenvalue weighted by Gasteiger charge is -2.32. The highest BCUT2D eigenvalue weighted by atomic mass is 32.2. The number of nitro benzene ring substituents is 1. The van der Waals surface area contributed by atoms with Crippen molar-refractivity contribution in [2.24, 2.45) is 5.92 Å². The van der Waals surface area contributed by atoms with Gasteiger partial charge in [-0.2, -0.15) is 4.31 Å². The average Bonchev–Trinajstić information content (AvgIpc) is 2.84. The molecule has 182 valence electrons. The third kappa shape index (κ3) is 5.21. The van der Waals surface area contributed by atoms with E-state index in [-0.39, 0.29) is 34.9 Å². The number of carbonyl (C=O) groups excluding carboxylic acids is 1. The van der Waals surface area contributed by atoms with Crippen molar-refractivity contribution in [2.75, 3.05) is 49.6 Å². The van der Waals surface area contributed by atoms with Crippen molar-refractivity contribution in [3.05, 3.63) is 58.1 Å². The van der Waals surface area contributed by atoms with Crippen LogP contribution in [0, 0.1) is 16.0 Å². The number of nitro groups is 1. The molecule has 2 fully saturated rings. The van der Waals surface area contributed by atoms with Crippen LogP contribution in [0.25, 0.3) is 0 Å². The van der Waals surface area contributed by atoms with E-state index >= 15 is 0 Å². The number of ether oxygens (including phenoxy) is 1. The van der Waals surface area contributed by atoms with E-state index in [4.69, 9.17) is 4.74 Å². The molecule has 0 spiro atoms. The van der Waals surface area contributed by atoms with Gasteiger partial charge in [0.2, 0.25) is 10.0 Å². The number of piperidine rings is 1. The molecular weight excluding hydrogens is 460 g/mol. The number of nitrogens with zero attached hydrogens (tertiary/aromatic N) is 3. The summed E-state index contributed by atoms with van der Waals surface area (Å²) in [6.45, 7) is 4.79. The number of hydrogen-bond donors (Lipinski definition) is 1. The molecule has 2 aromatic rings. The predicted octanol–water partition coefficient (Wildman–Crippen LogP) is 3.10. The van der Waals surface area contributed by atoms with Gasteiger partial charge in [0, 0.05) is 43.5 Å². The number of anilines is 2. The molecule has 2 aliphatic rings. The molecule has 1 atom stereocenters. The van der Waals surface area contributed by atoms with Gasteiger partial charge in [-0.05, 0) is 49.1 Å². The van der Waals surface area contributed by atoms with Crippen molar-refractivity contribution >= 4 is 33.0 Å². The third-order valence-electron chi connectivity index (χ3n) is 6.13. The van der Waals surface area contributed by atoms with Crippen molar-refractivity contribution < 1.29 is 22.9 Å². The van der Waals surface area contributed by atoms with E-state index < -0.39 is 20.9 Å². The number of nitrogens with one attached hydrogen (secondary N) is 1. The standard InChI is InChI=1S/C23H28N4O6S/c1-17-4-3-9-25(16-17)21-8-7-18(14-22(21)27(29)30)23(28)24-19-5-2-6-20(15-19)34(31,32)26-10-12-33-13-11-26/h2,5-8,14-15,17H,3-4,9-13,16H2,1H3,(H,24,28). The first-order chi connectivity index (χ1) is 16.3. The fourth-order valence-corrected chi connectivity index (χ4v) is 5.81. The second-order valence-corrected chi connectivity index (χ2v) is 10.6. The van der Waals surface area contributed by atoms with Gasteiger partial charge >= 0.3 is 0 Å². The molecule has 11 heteroatoms. The number of benzene rings is 2. The summed E-state index contributed by atoms with van der Waals surface area (Å²) in [6, 6.07) is 10.4. The summed E-state index contributed by atoms with van der Waals surface area (Å²) in [5, 5.41) is 14.4. The molecule has 0 aliphatic carbocycles. The van der Waals surface area contributed by atoms with Gasteiger partial charge in [-0.1, -0.05) is 13.0 Å². The molecule has 1 unspecified atom stereocenters. The minimum absolute atomic E-state index is 0.0627. The van der Waals surface area contributed by atoms with Crippen LogP contribution in [-0.4, -0.2) is 62.9 Å². The van der Waals surface area contributed by atoms with Crippen LogP contribution in [0.4, 0.5) is 17.1 Å². The number of rotatable bonds is 6. The fourth-order valence-electron chi connectivity index (χ4n) is 4.36. The quantitative estimate of drug-likeness (QED) is 0.490. The van der Waals surface area contributed by atoms with E-state index in [9.17, 15) is 23.3 Å². The van der Waals surface area contributed by atoms with Crippen molar-refractivity contribution in [3.63, 3.8) is 0 Å². The predicted molar refractivity (Wildman–Crippen MR) is 128 cm³/mol. The van der Waals surface area contributed by atoms with Gasteiger partial charge in [0.1, 0.15) is 5.69 Å². The summed E-state index contributed by atoms with van der Waals surface area (Å²) in [5.74, 6) is -0.111. The zero-order chi connectivity index (χ0) is 24.3. The Balaban J connectivity index is 1.54. The van der Waals surface area contributed by atoms with Gasteiger partial charge in [0.05, 0.1) is 23.0 Å². The SMILES string of the molecule is CC1CCCN(c2ccc(C(=O)Nc3cccc(S(=O)(=O)N4CCOCC4)c3)cc2[N+](=O)[O-])C1. The van der Waals surface area contributed by atoms with Gasteiger partial charge in [-0.25, -0.2) is 8.42 Å². The van der Waals surface area contributed by atoms with E-state index in [2.05, 4.69) is 12.2 Å². The highest BCUT2D eigenvalue weighted by Crippen LogP contribution is 2.32. The number of sulfonamides is 1. The Hall–Kier alpha value is -3.02. The molecule has 2 saturated heterocycles. The smallest absolute Gasteiger partial charge is 0.293 e. The molecule has 34 heavy (non-hydrogen) atoms. The molecule has 10 nitrogen and oxygen atoms in total. The van der Waals surface area contributed by atoms with Crippen LogP contribution in [-0.2, 0) is 14.8 Å². The molecule has 0 bridgehead atoms. The van der Waals surface area contributed by atoms with E-state index in [0.29, 0.717) is 24.8 Å². The molecule has 1 N–H and O–H groups in total. The number of morpholine rings is 1. The first-order valence-electron chi connectivity index (χ1n) is 11.3. The minimum atomic E-state index is -3.72. The zero-order valence-corrected chi connectivity index (χ0v) is 19.8. The summed E-state index contributed by atoms with van der Waals surface area (Å²) >= 11 is 0. The summed E-state index contributed by atoms with van der Waals surface area (Å²) in [5.41, 5.74) is 0.801. The lowest BCUT2D eigenvalue weighted by atomic mass is 9.99. The molecule has 4 rings (SSSR count). The maximum Gasteiger partial charge on any atom is 0.293 e. The maximum atomic E-state index is 12.9. The van der Waals surface area contributed by atoms with Crippen LogP contribution in [0.2, 0.25) is 0 Å². The Morgan fingerprint density at radius 2 is 1.91 bits per heavy atom. The summed E-state index contributed by atoms with van der Waals surface area (Å²) in [6.07, 6.45) is 2.05. The zero-order valence-electron chi connectivity index (χ0n) is 19.0. The van der Waals surface area contributed by atoms with Gasteiger partial charge < -0.3 is 15.0 Å². The Labute approximate surface area is 198 Å². The topological polar surface area (TPSA) is 122 Å². The molecular formula is C23H28N4O6S. The third-order valence-corrected chi connectivity index (χ3v) is 8.03. The van der Waals surface area contributed by atoms with Crippen LogP contribution in [0.3, 0.4) is 0 Å². The van der Waals surface area contributed by atoms with Crippen LogP contribution >= 0.6 is 0 Å². The molecule has 0 saturated carbocycles. The number of carbonyl (C=O) groups is 1. The van der Waals surface area contributed by atoms with Crippen LogP contribution < -0.4 is 10.2 Å². The van der Waals surface area contributed by atoms with Crippen molar-refractivity contribution in [3.8, 4) is 0 Å². The molecule has 2 aromatic carbocycles. The van der Waals surface area contributed by atoms with Crippen molar-refractivity contribution in [2.45, 2.75) is 24.7 Å². The Morgan fingerprint density at radius 1 is 1.15 bits per heavy atom. The summed E-state index contributed by atoms with van der Waals surface area (Å²) in [7, 11) is -3.72. The second kappa shape index (κ2) is 10.1. The lowest BCUT2D eigenvalue weighted by molar-refractivity contribution is -0.384. The Kier molecular flexibility index (Phi) is 7.15. The number of amides is 1. The molecule has 2 heterocycles. The molecule has 0 aromatic heterocycles. The molecule has 1 amide bonds. The van der Waals surface area contributed by atoms with Crippen molar-refractivity contribution in [1.29, 1.82) is 0 Å². The fraction of sp³-hybridized carbons (Fsp3) is 0.435. The summed E-state index contributed by atoms with van der Waals surface area (Å²) in [4.78, 5) is 26.2. The van der Waals surface area contributed by atoms with Crippen LogP contribution in [0.15, 0.2) is 47.4 Å². The summed E-state index contributed by atoms with van der Waals surface area (Å²) < 4.78 is 32.4. The minimum Gasteiger partial charge on any atom is -0.379 e. The van der Waals surface area contributed by atoms with Crippen LogP contribution in [0.5, 0.6) is 0 Å². The highest BCUT2D eigenvalue weighted by Gasteiger charge is 2.27. The first-order valence-corrected chi connectivity index (χ1v) is 12.7. The van der Waals surface area contributed by atoms with E-state index in [1.807, 2.05) is 4.90 Å². The van der Waals surface area contributed by atoms with E-state index in [1.165, 1.54) is 22.5 Å². The van der Waals surface area contributed by atoms with Crippen molar-refractivity contribution in [1.82, 2.24) is 4.31 Å². The van der Waals surface area contributed by atoms with Gasteiger partial charge in [0.25, 0.3) is 11.6 Å². The Morgan fingerprint density at radius 3 is 2.62 bits per heavy atom. The Bertz CT molecular complexity index is 1180. The second-order valence-electron chi connectivity index (χ2n) is 8.65. The lowest BCUT2D eigenvalue weighted by Crippen LogP contribution is -2.40. The monoisotopic (exact) mass is 488 g/mol. The maximum absolute atomic E-state index is 12.9. The average molecular weight is 489 g/mol. The van der Waals surface area contributed by atoms with Gasteiger partial charge in [-0.15, -0.1) is 0 Å². The van der Waals surface area contributed by atoms with E-state index in [0.717, 1.165) is 25.9 Å². The largest absolute Gasteiger partial charge is 0.379 e. The first kappa shape index (κ1) is 24.1. The molecule has 2 aliphatic heterocycles. The van der Waals surface area contributed by atoms with Crippen LogP contribution in [0.1, 0.15) is 30.1 Å².